The molecule has 0 unspecified atom stereocenters. The van der Waals surface area contributed by atoms with Gasteiger partial charge in [-0.2, -0.15) is 0 Å². The van der Waals surface area contributed by atoms with Crippen LogP contribution in [-0.2, 0) is 15.0 Å². The minimum atomic E-state index is -0.0477. The summed E-state index contributed by atoms with van der Waals surface area (Å²) in [5, 5.41) is 3.00. The molecule has 0 bridgehead atoms. The number of anilines is 1. The summed E-state index contributed by atoms with van der Waals surface area (Å²) >= 11 is 0. The molecule has 1 N–H and O–H groups in total. The van der Waals surface area contributed by atoms with Gasteiger partial charge in [-0.1, -0.05) is 58.7 Å². The molecule has 0 saturated carbocycles. The standard InChI is InChI=1S/C20H32N2O2/c1-6-7-10-14-22(16(2)23)15-13-19(24)21-18-12-9-8-11-17(18)20(3,4)5/h8-9,11-12H,6-7,10,13-15H2,1-5H3,(H,21,24). The molecule has 4 heteroatoms. The van der Waals surface area contributed by atoms with Crippen LogP contribution in [0.25, 0.3) is 0 Å². The molecule has 1 aromatic carbocycles. The van der Waals surface area contributed by atoms with Crippen molar-refractivity contribution in [3.8, 4) is 0 Å². The summed E-state index contributed by atoms with van der Waals surface area (Å²) in [5.41, 5.74) is 1.94. The van der Waals surface area contributed by atoms with Crippen LogP contribution in [0.2, 0.25) is 0 Å². The lowest BCUT2D eigenvalue weighted by Gasteiger charge is -2.24. The maximum absolute atomic E-state index is 12.3. The summed E-state index contributed by atoms with van der Waals surface area (Å²) in [7, 11) is 0. The van der Waals surface area contributed by atoms with Gasteiger partial charge in [-0.05, 0) is 23.5 Å². The summed E-state index contributed by atoms with van der Waals surface area (Å²) in [6, 6.07) is 7.89. The van der Waals surface area contributed by atoms with Crippen LogP contribution in [0.1, 0.15) is 65.9 Å². The minimum Gasteiger partial charge on any atom is -0.342 e. The zero-order valence-corrected chi connectivity index (χ0v) is 15.8. The highest BCUT2D eigenvalue weighted by Gasteiger charge is 2.19. The summed E-state index contributed by atoms with van der Waals surface area (Å²) in [6.45, 7) is 11.3. The van der Waals surface area contributed by atoms with Crippen molar-refractivity contribution in [2.24, 2.45) is 0 Å². The number of benzene rings is 1. The first kappa shape index (κ1) is 20.2. The molecule has 1 rings (SSSR count). The first-order valence-corrected chi connectivity index (χ1v) is 8.90. The molecule has 2 amide bonds. The van der Waals surface area contributed by atoms with Gasteiger partial charge in [-0.3, -0.25) is 9.59 Å². The molecule has 0 aliphatic rings. The predicted octanol–water partition coefficient (Wildman–Crippen LogP) is 4.35. The molecule has 24 heavy (non-hydrogen) atoms. The fraction of sp³-hybridized carbons (Fsp3) is 0.600. The Kier molecular flexibility index (Phi) is 7.96. The number of amides is 2. The van der Waals surface area contributed by atoms with Gasteiger partial charge in [-0.25, -0.2) is 0 Å². The van der Waals surface area contributed by atoms with Gasteiger partial charge in [0.1, 0.15) is 0 Å². The third-order valence-corrected chi connectivity index (χ3v) is 4.09. The van der Waals surface area contributed by atoms with Crippen molar-refractivity contribution < 1.29 is 9.59 Å². The number of unbranched alkanes of at least 4 members (excludes halogenated alkanes) is 2. The normalized spacial score (nSPS) is 11.2. The lowest BCUT2D eigenvalue weighted by atomic mass is 9.86. The fourth-order valence-corrected chi connectivity index (χ4v) is 2.67. The fourth-order valence-electron chi connectivity index (χ4n) is 2.67. The maximum Gasteiger partial charge on any atom is 0.226 e. The van der Waals surface area contributed by atoms with Gasteiger partial charge in [0.05, 0.1) is 0 Å². The average molecular weight is 332 g/mol. The molecule has 4 nitrogen and oxygen atoms in total. The van der Waals surface area contributed by atoms with E-state index in [4.69, 9.17) is 0 Å². The van der Waals surface area contributed by atoms with E-state index in [0.29, 0.717) is 13.0 Å². The zero-order valence-electron chi connectivity index (χ0n) is 15.8. The SMILES string of the molecule is CCCCCN(CCC(=O)Nc1ccccc1C(C)(C)C)C(C)=O. The van der Waals surface area contributed by atoms with E-state index in [0.717, 1.165) is 37.1 Å². The van der Waals surface area contributed by atoms with E-state index >= 15 is 0 Å². The van der Waals surface area contributed by atoms with Crippen molar-refractivity contribution in [3.63, 3.8) is 0 Å². The summed E-state index contributed by atoms with van der Waals surface area (Å²) in [4.78, 5) is 25.8. The van der Waals surface area contributed by atoms with Crippen LogP contribution in [0.3, 0.4) is 0 Å². The molecule has 0 aromatic heterocycles. The van der Waals surface area contributed by atoms with E-state index in [1.54, 1.807) is 11.8 Å². The summed E-state index contributed by atoms with van der Waals surface area (Å²) in [5.74, 6) is -0.0116. The Morgan fingerprint density at radius 1 is 1.08 bits per heavy atom. The van der Waals surface area contributed by atoms with Crippen molar-refractivity contribution in [1.29, 1.82) is 0 Å². The molecule has 1 aromatic rings. The average Bonchev–Trinajstić information content (AvgIpc) is 2.49. The summed E-state index contributed by atoms with van der Waals surface area (Å²) in [6.07, 6.45) is 3.54. The van der Waals surface area contributed by atoms with Crippen molar-refractivity contribution in [2.75, 3.05) is 18.4 Å². The van der Waals surface area contributed by atoms with Gasteiger partial charge in [0.2, 0.25) is 11.8 Å². The van der Waals surface area contributed by atoms with Crippen molar-refractivity contribution in [3.05, 3.63) is 29.8 Å². The van der Waals surface area contributed by atoms with Gasteiger partial charge in [-0.15, -0.1) is 0 Å². The number of carbonyl (C=O) groups excluding carboxylic acids is 2. The molecule has 0 heterocycles. The smallest absolute Gasteiger partial charge is 0.226 e. The first-order chi connectivity index (χ1) is 11.3. The summed E-state index contributed by atoms with van der Waals surface area (Å²) < 4.78 is 0. The van der Waals surface area contributed by atoms with Crippen molar-refractivity contribution in [1.82, 2.24) is 4.90 Å². The molecule has 134 valence electrons. The Morgan fingerprint density at radius 3 is 2.33 bits per heavy atom. The molecule has 0 radical (unpaired) electrons. The van der Waals surface area contributed by atoms with E-state index in [1.165, 1.54) is 0 Å². The molecular formula is C20H32N2O2. The highest BCUT2D eigenvalue weighted by molar-refractivity contribution is 5.92. The highest BCUT2D eigenvalue weighted by atomic mass is 16.2. The van der Waals surface area contributed by atoms with E-state index in [9.17, 15) is 9.59 Å². The van der Waals surface area contributed by atoms with Crippen LogP contribution in [0.4, 0.5) is 5.69 Å². The second-order valence-corrected chi connectivity index (χ2v) is 7.31. The quantitative estimate of drug-likeness (QED) is 0.719. The number of hydrogen-bond acceptors (Lipinski definition) is 2. The van der Waals surface area contributed by atoms with Crippen molar-refractivity contribution in [2.45, 2.75) is 65.7 Å². The lowest BCUT2D eigenvalue weighted by Crippen LogP contribution is -2.33. The van der Waals surface area contributed by atoms with E-state index in [1.807, 2.05) is 24.3 Å². The molecule has 0 atom stereocenters. The number of rotatable bonds is 8. The minimum absolute atomic E-state index is 0.0323. The number of nitrogens with zero attached hydrogens (tertiary/aromatic N) is 1. The van der Waals surface area contributed by atoms with Crippen LogP contribution >= 0.6 is 0 Å². The largest absolute Gasteiger partial charge is 0.342 e. The molecular weight excluding hydrogens is 300 g/mol. The van der Waals surface area contributed by atoms with Crippen LogP contribution in [0.15, 0.2) is 24.3 Å². The predicted molar refractivity (Wildman–Crippen MR) is 100 cm³/mol. The van der Waals surface area contributed by atoms with E-state index in [-0.39, 0.29) is 17.2 Å². The Labute approximate surface area is 146 Å². The third kappa shape index (κ3) is 6.73. The second-order valence-electron chi connectivity index (χ2n) is 7.31. The number of para-hydroxylation sites is 1. The highest BCUT2D eigenvalue weighted by Crippen LogP contribution is 2.29. The Balaban J connectivity index is 2.61. The van der Waals surface area contributed by atoms with E-state index in [2.05, 4.69) is 33.0 Å². The maximum atomic E-state index is 12.3. The Hall–Kier alpha value is -1.84. The number of hydrogen-bond donors (Lipinski definition) is 1. The molecule has 0 fully saturated rings. The Bertz CT molecular complexity index is 547. The van der Waals surface area contributed by atoms with Crippen LogP contribution in [0.5, 0.6) is 0 Å². The molecule has 0 saturated heterocycles. The first-order valence-electron chi connectivity index (χ1n) is 8.90. The third-order valence-electron chi connectivity index (χ3n) is 4.09. The molecule has 0 aliphatic carbocycles. The number of carbonyl (C=O) groups is 2. The lowest BCUT2D eigenvalue weighted by molar-refractivity contribution is -0.129. The van der Waals surface area contributed by atoms with Crippen molar-refractivity contribution >= 4 is 17.5 Å². The van der Waals surface area contributed by atoms with Crippen LogP contribution < -0.4 is 5.32 Å². The zero-order chi connectivity index (χ0) is 18.2. The van der Waals surface area contributed by atoms with Crippen LogP contribution in [-0.4, -0.2) is 29.8 Å². The van der Waals surface area contributed by atoms with Gasteiger partial charge in [0.25, 0.3) is 0 Å². The van der Waals surface area contributed by atoms with Gasteiger partial charge < -0.3 is 10.2 Å². The van der Waals surface area contributed by atoms with Gasteiger partial charge in [0, 0.05) is 32.1 Å². The van der Waals surface area contributed by atoms with Gasteiger partial charge >= 0.3 is 0 Å². The van der Waals surface area contributed by atoms with E-state index < -0.39 is 0 Å². The molecule has 0 aliphatic heterocycles. The topological polar surface area (TPSA) is 49.4 Å². The van der Waals surface area contributed by atoms with Gasteiger partial charge in [0.15, 0.2) is 0 Å². The monoisotopic (exact) mass is 332 g/mol. The Morgan fingerprint density at radius 2 is 1.75 bits per heavy atom. The second kappa shape index (κ2) is 9.45. The molecule has 0 spiro atoms. The van der Waals surface area contributed by atoms with Crippen LogP contribution in [0, 0.1) is 0 Å². The number of nitrogens with one attached hydrogen (secondary N) is 1.